The van der Waals surface area contributed by atoms with Gasteiger partial charge in [-0.25, -0.2) is 0 Å². The predicted octanol–water partition coefficient (Wildman–Crippen LogP) is -0.0659. The van der Waals surface area contributed by atoms with Gasteiger partial charge in [0.2, 0.25) is 5.91 Å². The van der Waals surface area contributed by atoms with Gasteiger partial charge in [0.25, 0.3) is 0 Å². The summed E-state index contributed by atoms with van der Waals surface area (Å²) >= 11 is 0. The highest BCUT2D eigenvalue weighted by atomic mass is 16.1. The van der Waals surface area contributed by atoms with Crippen LogP contribution < -0.4 is 11.1 Å². The highest BCUT2D eigenvalue weighted by Crippen LogP contribution is 2.21. The zero-order valence-electron chi connectivity index (χ0n) is 9.12. The lowest BCUT2D eigenvalue weighted by Gasteiger charge is -2.32. The minimum absolute atomic E-state index is 0.0293. The SMILES string of the molecule is CN(C)C1CCC(NC(=O)CN)CC1. The predicted molar refractivity (Wildman–Crippen MR) is 56.9 cm³/mol. The summed E-state index contributed by atoms with van der Waals surface area (Å²) < 4.78 is 0. The molecule has 0 bridgehead atoms. The van der Waals surface area contributed by atoms with Gasteiger partial charge in [-0.2, -0.15) is 0 Å². The molecule has 0 saturated heterocycles. The lowest BCUT2D eigenvalue weighted by atomic mass is 9.90. The quantitative estimate of drug-likeness (QED) is 0.669. The third kappa shape index (κ3) is 3.27. The summed E-state index contributed by atoms with van der Waals surface area (Å²) in [7, 11) is 4.23. The maximum absolute atomic E-state index is 11.0. The van der Waals surface area contributed by atoms with Crippen LogP contribution in [0.15, 0.2) is 0 Å². The third-order valence-electron chi connectivity index (χ3n) is 2.98. The van der Waals surface area contributed by atoms with Gasteiger partial charge in [0.05, 0.1) is 6.54 Å². The summed E-state index contributed by atoms with van der Waals surface area (Å²) in [6, 6.07) is 1.03. The molecule has 1 amide bonds. The average Bonchev–Trinajstić information content (AvgIpc) is 2.18. The van der Waals surface area contributed by atoms with E-state index in [1.165, 1.54) is 12.8 Å². The van der Waals surface area contributed by atoms with Crippen LogP contribution in [0.25, 0.3) is 0 Å². The largest absolute Gasteiger partial charge is 0.352 e. The van der Waals surface area contributed by atoms with Crippen LogP contribution >= 0.6 is 0 Å². The molecule has 0 unspecified atom stereocenters. The second kappa shape index (κ2) is 5.32. The molecule has 0 aliphatic heterocycles. The molecule has 3 N–H and O–H groups in total. The molecule has 0 radical (unpaired) electrons. The van der Waals surface area contributed by atoms with E-state index in [0.717, 1.165) is 12.8 Å². The summed E-state index contributed by atoms with van der Waals surface area (Å²) in [6.07, 6.45) is 4.49. The van der Waals surface area contributed by atoms with Gasteiger partial charge in [-0.05, 0) is 39.8 Å². The maximum atomic E-state index is 11.0. The number of carbonyl (C=O) groups is 1. The number of nitrogens with two attached hydrogens (primary N) is 1. The Bertz CT molecular complexity index is 186. The Morgan fingerprint density at radius 3 is 2.36 bits per heavy atom. The summed E-state index contributed by atoms with van der Waals surface area (Å²) in [4.78, 5) is 13.3. The van der Waals surface area contributed by atoms with Gasteiger partial charge in [-0.3, -0.25) is 4.79 Å². The number of hydrogen-bond donors (Lipinski definition) is 2. The molecule has 0 aromatic rings. The van der Waals surface area contributed by atoms with Gasteiger partial charge < -0.3 is 16.0 Å². The van der Waals surface area contributed by atoms with Crippen molar-refractivity contribution in [3.63, 3.8) is 0 Å². The van der Waals surface area contributed by atoms with Crippen LogP contribution in [0.2, 0.25) is 0 Å². The first kappa shape index (κ1) is 11.5. The lowest BCUT2D eigenvalue weighted by molar-refractivity contribution is -0.120. The molecule has 1 fully saturated rings. The van der Waals surface area contributed by atoms with E-state index in [4.69, 9.17) is 5.73 Å². The molecule has 1 rings (SSSR count). The summed E-state index contributed by atoms with van der Waals surface area (Å²) in [5.41, 5.74) is 5.24. The van der Waals surface area contributed by atoms with Crippen LogP contribution in [0.1, 0.15) is 25.7 Å². The van der Waals surface area contributed by atoms with E-state index in [2.05, 4.69) is 24.3 Å². The first-order valence-electron chi connectivity index (χ1n) is 5.29. The molecule has 0 aromatic carbocycles. The second-order valence-corrected chi connectivity index (χ2v) is 4.24. The Labute approximate surface area is 85.8 Å². The van der Waals surface area contributed by atoms with Crippen molar-refractivity contribution in [1.29, 1.82) is 0 Å². The van der Waals surface area contributed by atoms with Crippen molar-refractivity contribution in [2.24, 2.45) is 5.73 Å². The zero-order valence-corrected chi connectivity index (χ0v) is 9.12. The Morgan fingerprint density at radius 1 is 1.36 bits per heavy atom. The number of amides is 1. The van der Waals surface area contributed by atoms with E-state index in [1.807, 2.05) is 0 Å². The average molecular weight is 199 g/mol. The highest BCUT2D eigenvalue weighted by Gasteiger charge is 2.22. The molecule has 4 heteroatoms. The van der Waals surface area contributed by atoms with E-state index in [9.17, 15) is 4.79 Å². The number of carbonyl (C=O) groups excluding carboxylic acids is 1. The highest BCUT2D eigenvalue weighted by molar-refractivity contribution is 5.78. The molecular weight excluding hydrogens is 178 g/mol. The smallest absolute Gasteiger partial charge is 0.233 e. The molecule has 0 aromatic heterocycles. The Morgan fingerprint density at radius 2 is 1.93 bits per heavy atom. The van der Waals surface area contributed by atoms with E-state index in [-0.39, 0.29) is 12.5 Å². The van der Waals surface area contributed by atoms with Crippen molar-refractivity contribution >= 4 is 5.91 Å². The Kier molecular flexibility index (Phi) is 4.35. The third-order valence-corrected chi connectivity index (χ3v) is 2.98. The lowest BCUT2D eigenvalue weighted by Crippen LogP contribution is -2.43. The standard InChI is InChI=1S/C10H21N3O/c1-13(2)9-5-3-8(4-6-9)12-10(14)7-11/h8-9H,3-7,11H2,1-2H3,(H,12,14). The van der Waals surface area contributed by atoms with Crippen molar-refractivity contribution in [1.82, 2.24) is 10.2 Å². The molecule has 14 heavy (non-hydrogen) atoms. The van der Waals surface area contributed by atoms with E-state index < -0.39 is 0 Å². The molecule has 1 saturated carbocycles. The van der Waals surface area contributed by atoms with Gasteiger partial charge in [-0.15, -0.1) is 0 Å². The molecule has 82 valence electrons. The molecule has 1 aliphatic carbocycles. The molecular formula is C10H21N3O. The topological polar surface area (TPSA) is 58.4 Å². The van der Waals surface area contributed by atoms with Crippen LogP contribution in [0, 0.1) is 0 Å². The van der Waals surface area contributed by atoms with Gasteiger partial charge in [-0.1, -0.05) is 0 Å². The fourth-order valence-corrected chi connectivity index (χ4v) is 2.02. The molecule has 1 aliphatic rings. The van der Waals surface area contributed by atoms with Gasteiger partial charge in [0, 0.05) is 12.1 Å². The first-order valence-corrected chi connectivity index (χ1v) is 5.29. The summed E-state index contributed by atoms with van der Waals surface area (Å²) in [6.45, 7) is 0.105. The number of nitrogens with zero attached hydrogens (tertiary/aromatic N) is 1. The van der Waals surface area contributed by atoms with Crippen molar-refractivity contribution in [3.8, 4) is 0 Å². The number of rotatable bonds is 3. The van der Waals surface area contributed by atoms with Gasteiger partial charge >= 0.3 is 0 Å². The number of hydrogen-bond acceptors (Lipinski definition) is 3. The first-order chi connectivity index (χ1) is 6.63. The van der Waals surface area contributed by atoms with E-state index >= 15 is 0 Å². The van der Waals surface area contributed by atoms with Crippen LogP contribution in [-0.2, 0) is 4.79 Å². The van der Waals surface area contributed by atoms with Crippen LogP contribution in [0.4, 0.5) is 0 Å². The van der Waals surface area contributed by atoms with Crippen molar-refractivity contribution < 1.29 is 4.79 Å². The zero-order chi connectivity index (χ0) is 10.6. The van der Waals surface area contributed by atoms with Crippen molar-refractivity contribution in [2.45, 2.75) is 37.8 Å². The molecule has 0 atom stereocenters. The molecule has 0 heterocycles. The normalized spacial score (nSPS) is 27.7. The fourth-order valence-electron chi connectivity index (χ4n) is 2.02. The summed E-state index contributed by atoms with van der Waals surface area (Å²) in [5.74, 6) is -0.0293. The monoisotopic (exact) mass is 199 g/mol. The molecule has 4 nitrogen and oxygen atoms in total. The van der Waals surface area contributed by atoms with E-state index in [1.54, 1.807) is 0 Å². The van der Waals surface area contributed by atoms with Crippen LogP contribution in [0.3, 0.4) is 0 Å². The minimum Gasteiger partial charge on any atom is -0.352 e. The minimum atomic E-state index is -0.0293. The van der Waals surface area contributed by atoms with Crippen molar-refractivity contribution in [3.05, 3.63) is 0 Å². The van der Waals surface area contributed by atoms with Gasteiger partial charge in [0.1, 0.15) is 0 Å². The van der Waals surface area contributed by atoms with E-state index in [0.29, 0.717) is 12.1 Å². The maximum Gasteiger partial charge on any atom is 0.233 e. The molecule has 0 spiro atoms. The Balaban J connectivity index is 2.25. The summed E-state index contributed by atoms with van der Waals surface area (Å²) in [5, 5.41) is 2.95. The van der Waals surface area contributed by atoms with Crippen LogP contribution in [-0.4, -0.2) is 43.5 Å². The van der Waals surface area contributed by atoms with Crippen molar-refractivity contribution in [2.75, 3.05) is 20.6 Å². The van der Waals surface area contributed by atoms with Gasteiger partial charge in [0.15, 0.2) is 0 Å². The fraction of sp³-hybridized carbons (Fsp3) is 0.900. The Hall–Kier alpha value is -0.610. The number of nitrogens with one attached hydrogen (secondary N) is 1. The second-order valence-electron chi connectivity index (χ2n) is 4.24. The van der Waals surface area contributed by atoms with Crippen LogP contribution in [0.5, 0.6) is 0 Å².